The molecule has 5 heteroatoms. The molecule has 0 aliphatic rings. The fourth-order valence-electron chi connectivity index (χ4n) is 1.44. The van der Waals surface area contributed by atoms with Crippen molar-refractivity contribution >= 4 is 5.91 Å². The van der Waals surface area contributed by atoms with E-state index in [-0.39, 0.29) is 12.2 Å². The molecule has 0 aliphatic carbocycles. The first-order valence-corrected chi connectivity index (χ1v) is 5.21. The van der Waals surface area contributed by atoms with Gasteiger partial charge in [0.05, 0.1) is 6.54 Å². The van der Waals surface area contributed by atoms with Crippen molar-refractivity contribution in [2.75, 3.05) is 20.8 Å². The third-order valence-corrected chi connectivity index (χ3v) is 2.27. The SMILES string of the molecule is CCNC(=O)c1cccn1CC(OC)OC. The molecule has 0 radical (unpaired) electrons. The standard InChI is InChI=1S/C11H18N2O3/c1-4-12-11(14)9-6-5-7-13(9)8-10(15-2)16-3/h5-7,10H,4,8H2,1-3H3,(H,12,14). The maximum atomic E-state index is 11.7. The van der Waals surface area contributed by atoms with Crippen molar-refractivity contribution in [3.63, 3.8) is 0 Å². The van der Waals surface area contributed by atoms with E-state index in [1.807, 2.05) is 23.8 Å². The molecule has 1 N–H and O–H groups in total. The van der Waals surface area contributed by atoms with Gasteiger partial charge in [-0.3, -0.25) is 4.79 Å². The van der Waals surface area contributed by atoms with E-state index >= 15 is 0 Å². The second-order valence-electron chi connectivity index (χ2n) is 3.31. The molecule has 1 aromatic rings. The lowest BCUT2D eigenvalue weighted by atomic mass is 10.4. The van der Waals surface area contributed by atoms with E-state index in [1.165, 1.54) is 0 Å². The van der Waals surface area contributed by atoms with Gasteiger partial charge in [0.15, 0.2) is 6.29 Å². The third-order valence-electron chi connectivity index (χ3n) is 2.27. The number of hydrogen-bond acceptors (Lipinski definition) is 3. The summed E-state index contributed by atoms with van der Waals surface area (Å²) in [4.78, 5) is 11.7. The maximum absolute atomic E-state index is 11.7. The monoisotopic (exact) mass is 226 g/mol. The van der Waals surface area contributed by atoms with Crippen LogP contribution in [0.1, 0.15) is 17.4 Å². The Balaban J connectivity index is 2.73. The van der Waals surface area contributed by atoms with Crippen LogP contribution in [-0.4, -0.2) is 37.5 Å². The molecule has 1 amide bonds. The Morgan fingerprint density at radius 1 is 1.50 bits per heavy atom. The number of hydrogen-bond donors (Lipinski definition) is 1. The van der Waals surface area contributed by atoms with Gasteiger partial charge in [-0.1, -0.05) is 0 Å². The number of carbonyl (C=O) groups excluding carboxylic acids is 1. The number of carbonyl (C=O) groups is 1. The molecule has 0 spiro atoms. The van der Waals surface area contributed by atoms with Crippen LogP contribution in [0.5, 0.6) is 0 Å². The number of aromatic nitrogens is 1. The second kappa shape index (κ2) is 6.30. The van der Waals surface area contributed by atoms with Gasteiger partial charge in [-0.2, -0.15) is 0 Å². The first-order chi connectivity index (χ1) is 7.72. The Morgan fingerprint density at radius 3 is 2.75 bits per heavy atom. The Kier molecular flexibility index (Phi) is 5.01. The largest absolute Gasteiger partial charge is 0.354 e. The topological polar surface area (TPSA) is 52.5 Å². The molecule has 0 saturated carbocycles. The predicted molar refractivity (Wildman–Crippen MR) is 60.2 cm³/mol. The van der Waals surface area contributed by atoms with Gasteiger partial charge >= 0.3 is 0 Å². The van der Waals surface area contributed by atoms with Crippen LogP contribution in [0.4, 0.5) is 0 Å². The Morgan fingerprint density at radius 2 is 2.19 bits per heavy atom. The van der Waals surface area contributed by atoms with Gasteiger partial charge in [-0.15, -0.1) is 0 Å². The number of nitrogens with zero attached hydrogens (tertiary/aromatic N) is 1. The molecule has 0 atom stereocenters. The van der Waals surface area contributed by atoms with E-state index in [0.717, 1.165) is 0 Å². The van der Waals surface area contributed by atoms with Gasteiger partial charge in [0, 0.05) is 27.0 Å². The Bertz CT molecular complexity index is 332. The van der Waals surface area contributed by atoms with Crippen LogP contribution in [0, 0.1) is 0 Å². The van der Waals surface area contributed by atoms with Gasteiger partial charge < -0.3 is 19.4 Å². The number of ether oxygens (including phenoxy) is 2. The highest BCUT2D eigenvalue weighted by Crippen LogP contribution is 2.05. The summed E-state index contributed by atoms with van der Waals surface area (Å²) in [5.41, 5.74) is 0.612. The minimum atomic E-state index is -0.347. The first kappa shape index (κ1) is 12.7. The molecule has 1 heterocycles. The quantitative estimate of drug-likeness (QED) is 0.732. The molecule has 1 rings (SSSR count). The molecule has 0 unspecified atom stereocenters. The molecular formula is C11H18N2O3. The number of nitrogens with one attached hydrogen (secondary N) is 1. The molecule has 1 aromatic heterocycles. The number of rotatable bonds is 6. The summed E-state index contributed by atoms with van der Waals surface area (Å²) in [5, 5.41) is 2.76. The highest BCUT2D eigenvalue weighted by molar-refractivity contribution is 5.92. The van der Waals surface area contributed by atoms with Crippen molar-refractivity contribution in [3.05, 3.63) is 24.0 Å². The van der Waals surface area contributed by atoms with Crippen molar-refractivity contribution in [1.82, 2.24) is 9.88 Å². The van der Waals surface area contributed by atoms with Crippen molar-refractivity contribution in [1.29, 1.82) is 0 Å². The second-order valence-corrected chi connectivity index (χ2v) is 3.31. The lowest BCUT2D eigenvalue weighted by Crippen LogP contribution is -2.28. The smallest absolute Gasteiger partial charge is 0.267 e. The maximum Gasteiger partial charge on any atom is 0.267 e. The van der Waals surface area contributed by atoms with Crippen molar-refractivity contribution in [3.8, 4) is 0 Å². The predicted octanol–water partition coefficient (Wildman–Crippen LogP) is 0.857. The van der Waals surface area contributed by atoms with Gasteiger partial charge in [-0.05, 0) is 19.1 Å². The van der Waals surface area contributed by atoms with Crippen LogP contribution in [0.2, 0.25) is 0 Å². The molecule has 0 saturated heterocycles. The van der Waals surface area contributed by atoms with E-state index in [1.54, 1.807) is 20.3 Å². The Hall–Kier alpha value is -1.33. The zero-order valence-electron chi connectivity index (χ0n) is 9.90. The van der Waals surface area contributed by atoms with Gasteiger partial charge in [0.2, 0.25) is 0 Å². The van der Waals surface area contributed by atoms with Crippen LogP contribution in [0.15, 0.2) is 18.3 Å². The first-order valence-electron chi connectivity index (χ1n) is 5.21. The van der Waals surface area contributed by atoms with E-state index in [0.29, 0.717) is 18.8 Å². The summed E-state index contributed by atoms with van der Waals surface area (Å²) in [6.45, 7) is 2.99. The van der Waals surface area contributed by atoms with Gasteiger partial charge in [0.1, 0.15) is 5.69 Å². The summed E-state index contributed by atoms with van der Waals surface area (Å²) in [6, 6.07) is 3.60. The molecule has 0 aliphatic heterocycles. The molecule has 16 heavy (non-hydrogen) atoms. The van der Waals surface area contributed by atoms with Crippen LogP contribution in [0.25, 0.3) is 0 Å². The average Bonchev–Trinajstić information content (AvgIpc) is 2.74. The van der Waals surface area contributed by atoms with Crippen molar-refractivity contribution < 1.29 is 14.3 Å². The third kappa shape index (κ3) is 3.08. The van der Waals surface area contributed by atoms with Gasteiger partial charge in [0.25, 0.3) is 5.91 Å². The minimum Gasteiger partial charge on any atom is -0.354 e. The van der Waals surface area contributed by atoms with Crippen LogP contribution in [0.3, 0.4) is 0 Å². The number of methoxy groups -OCH3 is 2. The van der Waals surface area contributed by atoms with Crippen molar-refractivity contribution in [2.45, 2.75) is 19.8 Å². The van der Waals surface area contributed by atoms with Crippen LogP contribution < -0.4 is 5.32 Å². The van der Waals surface area contributed by atoms with E-state index in [4.69, 9.17) is 9.47 Å². The molecule has 0 bridgehead atoms. The van der Waals surface area contributed by atoms with E-state index in [2.05, 4.69) is 5.32 Å². The van der Waals surface area contributed by atoms with E-state index < -0.39 is 0 Å². The van der Waals surface area contributed by atoms with Gasteiger partial charge in [-0.25, -0.2) is 0 Å². The van der Waals surface area contributed by atoms with Crippen LogP contribution in [-0.2, 0) is 16.0 Å². The molecule has 0 aromatic carbocycles. The average molecular weight is 226 g/mol. The molecule has 0 fully saturated rings. The summed E-state index contributed by atoms with van der Waals surface area (Å²) in [6.07, 6.45) is 1.48. The van der Waals surface area contributed by atoms with Crippen molar-refractivity contribution in [2.24, 2.45) is 0 Å². The normalized spacial score (nSPS) is 10.8. The van der Waals surface area contributed by atoms with E-state index in [9.17, 15) is 4.79 Å². The zero-order valence-corrected chi connectivity index (χ0v) is 9.90. The summed E-state index contributed by atoms with van der Waals surface area (Å²) in [7, 11) is 3.15. The van der Waals surface area contributed by atoms with Crippen LogP contribution >= 0.6 is 0 Å². The zero-order chi connectivity index (χ0) is 12.0. The summed E-state index contributed by atoms with van der Waals surface area (Å²) < 4.78 is 12.0. The summed E-state index contributed by atoms with van der Waals surface area (Å²) in [5.74, 6) is -0.0848. The molecule has 90 valence electrons. The fraction of sp³-hybridized carbons (Fsp3) is 0.545. The number of amides is 1. The molecular weight excluding hydrogens is 208 g/mol. The highest BCUT2D eigenvalue weighted by atomic mass is 16.7. The lowest BCUT2D eigenvalue weighted by molar-refractivity contribution is -0.111. The molecule has 5 nitrogen and oxygen atoms in total. The lowest BCUT2D eigenvalue weighted by Gasteiger charge is -2.16. The minimum absolute atomic E-state index is 0.0848. The summed E-state index contributed by atoms with van der Waals surface area (Å²) >= 11 is 0. The highest BCUT2D eigenvalue weighted by Gasteiger charge is 2.13. The fourth-order valence-corrected chi connectivity index (χ4v) is 1.44. The Labute approximate surface area is 95.3 Å².